The van der Waals surface area contributed by atoms with Crippen molar-refractivity contribution >= 4 is 6.03 Å². The third-order valence-corrected chi connectivity index (χ3v) is 5.12. The first-order valence-electron chi connectivity index (χ1n) is 8.94. The summed E-state index contributed by atoms with van der Waals surface area (Å²) in [5, 5.41) is 7.43. The monoisotopic (exact) mass is 340 g/mol. The second kappa shape index (κ2) is 6.88. The van der Waals surface area contributed by atoms with E-state index in [-0.39, 0.29) is 18.2 Å². The van der Waals surface area contributed by atoms with Crippen molar-refractivity contribution in [2.75, 3.05) is 19.7 Å². The maximum atomic E-state index is 12.8. The number of amides is 2. The van der Waals surface area contributed by atoms with E-state index in [0.29, 0.717) is 19.7 Å². The number of nitrogens with one attached hydrogen (secondary N) is 1. The number of carbonyl (C=O) groups excluding carboxylic acids is 1. The van der Waals surface area contributed by atoms with Gasteiger partial charge in [-0.25, -0.2) is 4.79 Å². The van der Waals surface area contributed by atoms with Gasteiger partial charge < -0.3 is 15.0 Å². The zero-order valence-corrected chi connectivity index (χ0v) is 14.5. The van der Waals surface area contributed by atoms with Crippen molar-refractivity contribution in [2.45, 2.75) is 31.4 Å². The Hall–Kier alpha value is -2.34. The van der Waals surface area contributed by atoms with Crippen molar-refractivity contribution in [1.82, 2.24) is 20.0 Å². The summed E-state index contributed by atoms with van der Waals surface area (Å²) in [7, 11) is 1.89. The molecule has 1 N–H and O–H groups in total. The number of carbonyl (C=O) groups is 1. The lowest BCUT2D eigenvalue weighted by Crippen LogP contribution is -2.48. The van der Waals surface area contributed by atoms with Gasteiger partial charge in [0.15, 0.2) is 0 Å². The number of hydrogen-bond donors (Lipinski definition) is 1. The highest BCUT2D eigenvalue weighted by Gasteiger charge is 2.29. The van der Waals surface area contributed by atoms with Gasteiger partial charge in [-0.15, -0.1) is 0 Å². The maximum Gasteiger partial charge on any atom is 0.318 e. The van der Waals surface area contributed by atoms with Crippen LogP contribution in [0.15, 0.2) is 36.7 Å². The molecular formula is C19H24N4O2. The Bertz CT molecular complexity index is 757. The van der Waals surface area contributed by atoms with Gasteiger partial charge in [-0.05, 0) is 30.4 Å². The number of urea groups is 1. The number of benzene rings is 1. The predicted octanol–water partition coefficient (Wildman–Crippen LogP) is 2.58. The SMILES string of the molecule is Cn1cc(C2CN(C(=O)NC3CCCc4ccccc43)CCO2)cn1. The van der Waals surface area contributed by atoms with Crippen molar-refractivity contribution < 1.29 is 9.53 Å². The van der Waals surface area contributed by atoms with Crippen LogP contribution in [0.2, 0.25) is 0 Å². The molecule has 2 amide bonds. The van der Waals surface area contributed by atoms with Crippen LogP contribution in [-0.4, -0.2) is 40.4 Å². The number of hydrogen-bond acceptors (Lipinski definition) is 3. The molecule has 1 fully saturated rings. The molecule has 2 unspecified atom stereocenters. The average Bonchev–Trinajstić information content (AvgIpc) is 3.09. The van der Waals surface area contributed by atoms with Crippen LogP contribution in [0.4, 0.5) is 4.79 Å². The van der Waals surface area contributed by atoms with Gasteiger partial charge in [-0.3, -0.25) is 4.68 Å². The zero-order valence-electron chi connectivity index (χ0n) is 14.5. The molecule has 1 aromatic heterocycles. The highest BCUT2D eigenvalue weighted by Crippen LogP contribution is 2.30. The van der Waals surface area contributed by atoms with E-state index in [1.54, 1.807) is 4.68 Å². The molecule has 25 heavy (non-hydrogen) atoms. The van der Waals surface area contributed by atoms with Crippen LogP contribution in [0.5, 0.6) is 0 Å². The first-order chi connectivity index (χ1) is 12.2. The van der Waals surface area contributed by atoms with E-state index in [4.69, 9.17) is 4.74 Å². The molecule has 132 valence electrons. The van der Waals surface area contributed by atoms with Gasteiger partial charge in [0.25, 0.3) is 0 Å². The van der Waals surface area contributed by atoms with Crippen LogP contribution in [0.1, 0.15) is 41.7 Å². The average molecular weight is 340 g/mol. The van der Waals surface area contributed by atoms with E-state index in [9.17, 15) is 4.79 Å². The molecule has 0 bridgehead atoms. The minimum atomic E-state index is -0.105. The molecule has 2 aromatic rings. The van der Waals surface area contributed by atoms with Crippen molar-refractivity contribution in [3.63, 3.8) is 0 Å². The summed E-state index contributed by atoms with van der Waals surface area (Å²) in [5.74, 6) is 0. The molecule has 1 aliphatic carbocycles. The Kier molecular flexibility index (Phi) is 4.44. The molecule has 0 saturated carbocycles. The summed E-state index contributed by atoms with van der Waals surface area (Å²) in [6, 6.07) is 8.54. The lowest BCUT2D eigenvalue weighted by molar-refractivity contribution is -0.0159. The summed E-state index contributed by atoms with van der Waals surface area (Å²) in [6.45, 7) is 1.73. The normalized spacial score (nSPS) is 23.2. The molecule has 1 aromatic carbocycles. The smallest absolute Gasteiger partial charge is 0.318 e. The number of nitrogens with zero attached hydrogens (tertiary/aromatic N) is 3. The highest BCUT2D eigenvalue weighted by molar-refractivity contribution is 5.75. The second-order valence-electron chi connectivity index (χ2n) is 6.85. The van der Waals surface area contributed by atoms with E-state index in [1.807, 2.05) is 24.3 Å². The number of fused-ring (bicyclic) bond motifs is 1. The summed E-state index contributed by atoms with van der Waals surface area (Å²) in [4.78, 5) is 14.7. The van der Waals surface area contributed by atoms with Gasteiger partial charge in [0, 0.05) is 25.4 Å². The van der Waals surface area contributed by atoms with Crippen molar-refractivity contribution in [1.29, 1.82) is 0 Å². The van der Waals surface area contributed by atoms with Gasteiger partial charge >= 0.3 is 6.03 Å². The third kappa shape index (κ3) is 3.39. The van der Waals surface area contributed by atoms with E-state index in [1.165, 1.54) is 11.1 Å². The van der Waals surface area contributed by atoms with Crippen LogP contribution in [-0.2, 0) is 18.2 Å². The molecule has 0 spiro atoms. The zero-order chi connectivity index (χ0) is 17.2. The Morgan fingerprint density at radius 3 is 3.08 bits per heavy atom. The summed E-state index contributed by atoms with van der Waals surface area (Å²) >= 11 is 0. The number of aromatic nitrogens is 2. The Labute approximate surface area is 147 Å². The van der Waals surface area contributed by atoms with Crippen LogP contribution >= 0.6 is 0 Å². The quantitative estimate of drug-likeness (QED) is 0.914. The van der Waals surface area contributed by atoms with E-state index in [0.717, 1.165) is 24.8 Å². The summed E-state index contributed by atoms with van der Waals surface area (Å²) in [5.41, 5.74) is 3.64. The van der Waals surface area contributed by atoms with Crippen molar-refractivity contribution in [3.05, 3.63) is 53.3 Å². The highest BCUT2D eigenvalue weighted by atomic mass is 16.5. The van der Waals surface area contributed by atoms with E-state index >= 15 is 0 Å². The van der Waals surface area contributed by atoms with Gasteiger partial charge in [0.05, 0.1) is 25.4 Å². The fraction of sp³-hybridized carbons (Fsp3) is 0.474. The molecule has 6 heteroatoms. The molecule has 4 rings (SSSR count). The summed E-state index contributed by atoms with van der Waals surface area (Å²) < 4.78 is 7.59. The van der Waals surface area contributed by atoms with Gasteiger partial charge in [0.2, 0.25) is 0 Å². The van der Waals surface area contributed by atoms with E-state index < -0.39 is 0 Å². The van der Waals surface area contributed by atoms with Crippen LogP contribution in [0.3, 0.4) is 0 Å². The van der Waals surface area contributed by atoms with Crippen molar-refractivity contribution in [3.8, 4) is 0 Å². The first-order valence-corrected chi connectivity index (χ1v) is 8.94. The molecule has 6 nitrogen and oxygen atoms in total. The lowest BCUT2D eigenvalue weighted by atomic mass is 9.88. The molecule has 0 radical (unpaired) electrons. The largest absolute Gasteiger partial charge is 0.370 e. The van der Waals surface area contributed by atoms with Crippen LogP contribution in [0.25, 0.3) is 0 Å². The number of ether oxygens (including phenoxy) is 1. The maximum absolute atomic E-state index is 12.8. The van der Waals surface area contributed by atoms with Gasteiger partial charge in [0.1, 0.15) is 6.10 Å². The van der Waals surface area contributed by atoms with Gasteiger partial charge in [-0.2, -0.15) is 5.10 Å². The fourth-order valence-corrected chi connectivity index (χ4v) is 3.79. The minimum absolute atomic E-state index is 0.00102. The molecule has 2 aliphatic rings. The standard InChI is InChI=1S/C19H24N4O2/c1-22-12-15(11-20-22)18-13-23(9-10-25-18)19(24)21-17-8-4-6-14-5-2-3-7-16(14)17/h2-3,5,7,11-12,17-18H,4,6,8-10,13H2,1H3,(H,21,24). The molecule has 1 saturated heterocycles. The fourth-order valence-electron chi connectivity index (χ4n) is 3.79. The Morgan fingerprint density at radius 1 is 1.36 bits per heavy atom. The molecular weight excluding hydrogens is 316 g/mol. The first kappa shape index (κ1) is 16.1. The molecule has 2 atom stereocenters. The summed E-state index contributed by atoms with van der Waals surface area (Å²) in [6.07, 6.45) is 6.87. The third-order valence-electron chi connectivity index (χ3n) is 5.12. The van der Waals surface area contributed by atoms with Crippen LogP contribution < -0.4 is 5.32 Å². The van der Waals surface area contributed by atoms with Crippen molar-refractivity contribution in [2.24, 2.45) is 7.05 Å². The van der Waals surface area contributed by atoms with Crippen LogP contribution in [0, 0.1) is 0 Å². The predicted molar refractivity (Wildman–Crippen MR) is 94.1 cm³/mol. The molecule has 1 aliphatic heterocycles. The van der Waals surface area contributed by atoms with Gasteiger partial charge in [-0.1, -0.05) is 24.3 Å². The number of rotatable bonds is 2. The lowest BCUT2D eigenvalue weighted by Gasteiger charge is -2.35. The Morgan fingerprint density at radius 2 is 2.24 bits per heavy atom. The van der Waals surface area contributed by atoms with E-state index in [2.05, 4.69) is 34.7 Å². The Balaban J connectivity index is 1.43. The number of morpholine rings is 1. The second-order valence-corrected chi connectivity index (χ2v) is 6.85. The number of aryl methyl sites for hydroxylation is 2. The topological polar surface area (TPSA) is 59.4 Å². The minimum Gasteiger partial charge on any atom is -0.370 e. The molecule has 2 heterocycles.